The number of aromatic amines is 1. The van der Waals surface area contributed by atoms with Gasteiger partial charge in [-0.05, 0) is 35.9 Å². The molecule has 3 heterocycles. The van der Waals surface area contributed by atoms with Gasteiger partial charge in [-0.1, -0.05) is 12.1 Å². The number of hydrogen-bond donors (Lipinski definition) is 2. The molecule has 4 rings (SSSR count). The first-order valence-corrected chi connectivity index (χ1v) is 8.45. The van der Waals surface area contributed by atoms with Gasteiger partial charge in [-0.2, -0.15) is 5.10 Å². The summed E-state index contributed by atoms with van der Waals surface area (Å²) in [6, 6.07) is 13.4. The number of carbonyl (C=O) groups is 1. The van der Waals surface area contributed by atoms with Crippen LogP contribution in [0.4, 0.5) is 11.5 Å². The predicted molar refractivity (Wildman–Crippen MR) is 106 cm³/mol. The van der Waals surface area contributed by atoms with Crippen LogP contribution in [0.3, 0.4) is 0 Å². The van der Waals surface area contributed by atoms with Gasteiger partial charge in [-0.25, -0.2) is 4.98 Å². The number of H-pyrrole nitrogens is 1. The minimum atomic E-state index is -0.288. The van der Waals surface area contributed by atoms with Crippen molar-refractivity contribution in [2.45, 2.75) is 0 Å². The van der Waals surface area contributed by atoms with Crippen molar-refractivity contribution in [2.75, 3.05) is 24.3 Å². The summed E-state index contributed by atoms with van der Waals surface area (Å²) in [6.07, 6.45) is 5.15. The van der Waals surface area contributed by atoms with Gasteiger partial charge >= 0.3 is 0 Å². The molecule has 0 aliphatic heterocycles. The van der Waals surface area contributed by atoms with Crippen molar-refractivity contribution >= 4 is 28.3 Å². The number of anilines is 2. The molecule has 134 valence electrons. The Kier molecular flexibility index (Phi) is 4.25. The fraction of sp³-hybridized carbons (Fsp3) is 0.100. The molecule has 27 heavy (non-hydrogen) atoms. The lowest BCUT2D eigenvalue weighted by molar-refractivity contribution is 0.102. The molecule has 4 aromatic rings. The van der Waals surface area contributed by atoms with E-state index in [0.717, 1.165) is 27.8 Å². The molecule has 0 spiro atoms. The van der Waals surface area contributed by atoms with Crippen LogP contribution in [0, 0.1) is 0 Å². The predicted octanol–water partition coefficient (Wildman–Crippen LogP) is 3.34. The van der Waals surface area contributed by atoms with Crippen LogP contribution in [-0.4, -0.2) is 40.2 Å². The van der Waals surface area contributed by atoms with E-state index in [0.29, 0.717) is 11.4 Å². The summed E-state index contributed by atoms with van der Waals surface area (Å²) in [5, 5.41) is 10.7. The quantitative estimate of drug-likeness (QED) is 0.584. The lowest BCUT2D eigenvalue weighted by atomic mass is 10.0. The Morgan fingerprint density at radius 2 is 1.96 bits per heavy atom. The van der Waals surface area contributed by atoms with E-state index in [9.17, 15) is 4.79 Å². The topological polar surface area (TPSA) is 86.8 Å². The van der Waals surface area contributed by atoms with Gasteiger partial charge < -0.3 is 10.2 Å². The van der Waals surface area contributed by atoms with Crippen molar-refractivity contribution in [3.05, 3.63) is 66.7 Å². The monoisotopic (exact) mass is 358 g/mol. The van der Waals surface area contributed by atoms with Gasteiger partial charge in [-0.3, -0.25) is 14.9 Å². The third-order valence-corrected chi connectivity index (χ3v) is 4.24. The first-order chi connectivity index (χ1) is 13.1. The molecule has 0 saturated carbocycles. The Bertz CT molecular complexity index is 1090. The maximum Gasteiger partial charge on any atom is 0.276 e. The lowest BCUT2D eigenvalue weighted by Crippen LogP contribution is -2.14. The number of nitrogens with one attached hydrogen (secondary N) is 2. The van der Waals surface area contributed by atoms with E-state index in [2.05, 4.69) is 25.5 Å². The molecule has 7 nitrogen and oxygen atoms in total. The molecule has 0 fully saturated rings. The van der Waals surface area contributed by atoms with Crippen LogP contribution in [0.5, 0.6) is 0 Å². The van der Waals surface area contributed by atoms with Gasteiger partial charge in [0.15, 0.2) is 5.69 Å². The molecule has 0 aliphatic rings. The summed E-state index contributed by atoms with van der Waals surface area (Å²) in [5.74, 6) is 0.531. The van der Waals surface area contributed by atoms with Crippen molar-refractivity contribution < 1.29 is 4.79 Å². The first kappa shape index (κ1) is 16.7. The number of rotatable bonds is 4. The summed E-state index contributed by atoms with van der Waals surface area (Å²) in [5.41, 5.74) is 3.71. The van der Waals surface area contributed by atoms with E-state index < -0.39 is 0 Å². The summed E-state index contributed by atoms with van der Waals surface area (Å²) in [7, 11) is 3.83. The molecule has 0 aliphatic carbocycles. The Morgan fingerprint density at radius 3 is 2.67 bits per heavy atom. The van der Waals surface area contributed by atoms with Crippen molar-refractivity contribution in [3.63, 3.8) is 0 Å². The second-order valence-corrected chi connectivity index (χ2v) is 6.33. The number of amides is 1. The van der Waals surface area contributed by atoms with Crippen LogP contribution < -0.4 is 10.2 Å². The van der Waals surface area contributed by atoms with Crippen LogP contribution in [-0.2, 0) is 0 Å². The number of benzene rings is 1. The van der Waals surface area contributed by atoms with Crippen LogP contribution in [0.2, 0.25) is 0 Å². The molecule has 0 atom stereocenters. The van der Waals surface area contributed by atoms with Crippen LogP contribution in [0.15, 0.2) is 61.1 Å². The highest BCUT2D eigenvalue weighted by atomic mass is 16.1. The standard InChI is InChI=1S/C20H18N6O/c1-26(2)18-8-6-15(12-22-18)23-20(27)19-16-10-13(5-7-17(16)24-25-19)14-4-3-9-21-11-14/h3-12H,1-2H3,(H,23,27)(H,24,25). The third-order valence-electron chi connectivity index (χ3n) is 4.24. The molecule has 2 N–H and O–H groups in total. The van der Waals surface area contributed by atoms with Gasteiger partial charge in [0, 0.05) is 37.4 Å². The highest BCUT2D eigenvalue weighted by Gasteiger charge is 2.15. The fourth-order valence-electron chi connectivity index (χ4n) is 2.82. The van der Waals surface area contributed by atoms with E-state index >= 15 is 0 Å². The first-order valence-electron chi connectivity index (χ1n) is 8.45. The minimum absolute atomic E-state index is 0.288. The number of nitrogens with zero attached hydrogens (tertiary/aromatic N) is 4. The maximum atomic E-state index is 12.7. The number of pyridine rings is 2. The fourth-order valence-corrected chi connectivity index (χ4v) is 2.82. The molecule has 0 radical (unpaired) electrons. The molecule has 3 aromatic heterocycles. The number of aromatic nitrogens is 4. The summed E-state index contributed by atoms with van der Waals surface area (Å²) in [4.78, 5) is 23.1. The molecule has 7 heteroatoms. The van der Waals surface area contributed by atoms with E-state index in [1.165, 1.54) is 0 Å². The van der Waals surface area contributed by atoms with E-state index in [1.54, 1.807) is 18.6 Å². The van der Waals surface area contributed by atoms with Gasteiger partial charge in [0.25, 0.3) is 5.91 Å². The minimum Gasteiger partial charge on any atom is -0.363 e. The zero-order chi connectivity index (χ0) is 18.8. The highest BCUT2D eigenvalue weighted by Crippen LogP contribution is 2.25. The van der Waals surface area contributed by atoms with Crippen LogP contribution in [0.25, 0.3) is 22.0 Å². The zero-order valence-corrected chi connectivity index (χ0v) is 15.0. The van der Waals surface area contributed by atoms with E-state index in [1.807, 2.05) is 61.5 Å². The third kappa shape index (κ3) is 3.35. The molecular weight excluding hydrogens is 340 g/mol. The van der Waals surface area contributed by atoms with Crippen molar-refractivity contribution in [2.24, 2.45) is 0 Å². The Labute approximate surface area is 156 Å². The van der Waals surface area contributed by atoms with Gasteiger partial charge in [-0.15, -0.1) is 0 Å². The Morgan fingerprint density at radius 1 is 1.07 bits per heavy atom. The van der Waals surface area contributed by atoms with Gasteiger partial charge in [0.05, 0.1) is 17.4 Å². The normalized spacial score (nSPS) is 10.7. The van der Waals surface area contributed by atoms with E-state index in [-0.39, 0.29) is 5.91 Å². The molecule has 0 saturated heterocycles. The average molecular weight is 358 g/mol. The Hall–Kier alpha value is -3.74. The summed E-state index contributed by atoms with van der Waals surface area (Å²) in [6.45, 7) is 0. The number of carbonyl (C=O) groups excluding carboxylic acids is 1. The Balaban J connectivity index is 1.63. The summed E-state index contributed by atoms with van der Waals surface area (Å²) >= 11 is 0. The zero-order valence-electron chi connectivity index (χ0n) is 15.0. The van der Waals surface area contributed by atoms with Crippen LogP contribution in [0.1, 0.15) is 10.5 Å². The molecule has 0 unspecified atom stereocenters. The molecular formula is C20H18N6O. The largest absolute Gasteiger partial charge is 0.363 e. The molecule has 1 aromatic carbocycles. The van der Waals surface area contributed by atoms with Gasteiger partial charge in [0.2, 0.25) is 0 Å². The maximum absolute atomic E-state index is 12.7. The molecule has 0 bridgehead atoms. The second-order valence-electron chi connectivity index (χ2n) is 6.33. The smallest absolute Gasteiger partial charge is 0.276 e. The SMILES string of the molecule is CN(C)c1ccc(NC(=O)c2n[nH]c3ccc(-c4cccnc4)cc23)cn1. The highest BCUT2D eigenvalue weighted by molar-refractivity contribution is 6.11. The van der Waals surface area contributed by atoms with Gasteiger partial charge in [0.1, 0.15) is 5.82 Å². The van der Waals surface area contributed by atoms with Crippen LogP contribution >= 0.6 is 0 Å². The van der Waals surface area contributed by atoms with Crippen molar-refractivity contribution in [3.8, 4) is 11.1 Å². The molecule has 1 amide bonds. The van der Waals surface area contributed by atoms with Crippen molar-refractivity contribution in [1.82, 2.24) is 20.2 Å². The second kappa shape index (κ2) is 6.87. The van der Waals surface area contributed by atoms with E-state index in [4.69, 9.17) is 0 Å². The summed E-state index contributed by atoms with van der Waals surface area (Å²) < 4.78 is 0. The number of hydrogen-bond acceptors (Lipinski definition) is 5. The average Bonchev–Trinajstić information content (AvgIpc) is 3.12. The number of fused-ring (bicyclic) bond motifs is 1. The van der Waals surface area contributed by atoms with Crippen molar-refractivity contribution in [1.29, 1.82) is 0 Å². The lowest BCUT2D eigenvalue weighted by Gasteiger charge is -2.11.